The van der Waals surface area contributed by atoms with Crippen LogP contribution < -0.4 is 11.1 Å². The van der Waals surface area contributed by atoms with Gasteiger partial charge >= 0.3 is 0 Å². The topological polar surface area (TPSA) is 58.3 Å². The predicted octanol–water partition coefficient (Wildman–Crippen LogP) is 2.25. The van der Waals surface area contributed by atoms with E-state index in [1.807, 2.05) is 0 Å². The summed E-state index contributed by atoms with van der Waals surface area (Å²) in [4.78, 5) is 0. The highest BCUT2D eigenvalue weighted by atomic mass is 35.5. The molecule has 0 amide bonds. The van der Waals surface area contributed by atoms with E-state index in [0.29, 0.717) is 0 Å². The first kappa shape index (κ1) is 18.4. The molecule has 1 rings (SSSR count). The second-order valence-corrected chi connectivity index (χ2v) is 4.67. The average Bonchev–Trinajstić information content (AvgIpc) is 2.40. The fourth-order valence-corrected chi connectivity index (χ4v) is 1.93. The molecular formula is C15H27ClN2O. The second-order valence-electron chi connectivity index (χ2n) is 4.67. The highest BCUT2D eigenvalue weighted by molar-refractivity contribution is 5.85. The normalized spacial score (nSPS) is 10.2. The molecule has 0 unspecified atom stereocenters. The van der Waals surface area contributed by atoms with Crippen LogP contribution in [0.25, 0.3) is 0 Å². The van der Waals surface area contributed by atoms with Gasteiger partial charge in [0.1, 0.15) is 0 Å². The van der Waals surface area contributed by atoms with Crippen LogP contribution in [0.15, 0.2) is 24.3 Å². The molecule has 0 spiro atoms. The van der Waals surface area contributed by atoms with Crippen LogP contribution in [0.3, 0.4) is 0 Å². The summed E-state index contributed by atoms with van der Waals surface area (Å²) in [5.41, 5.74) is 7.95. The third kappa shape index (κ3) is 9.00. The zero-order chi connectivity index (χ0) is 13.1. The summed E-state index contributed by atoms with van der Waals surface area (Å²) in [6, 6.07) is 8.45. The van der Waals surface area contributed by atoms with Crippen molar-refractivity contribution in [1.29, 1.82) is 0 Å². The van der Waals surface area contributed by atoms with Gasteiger partial charge in [0.2, 0.25) is 0 Å². The van der Waals surface area contributed by atoms with Gasteiger partial charge in [-0.05, 0) is 43.5 Å². The van der Waals surface area contributed by atoms with Gasteiger partial charge < -0.3 is 16.2 Å². The Hall–Kier alpha value is -0.610. The molecule has 0 saturated carbocycles. The number of nitrogens with one attached hydrogen (secondary N) is 1. The summed E-state index contributed by atoms with van der Waals surface area (Å²) in [6.07, 6.45) is 5.62. The predicted molar refractivity (Wildman–Crippen MR) is 83.7 cm³/mol. The Kier molecular flexibility index (Phi) is 12.0. The van der Waals surface area contributed by atoms with E-state index < -0.39 is 0 Å². The van der Waals surface area contributed by atoms with Crippen LogP contribution in [0.5, 0.6) is 0 Å². The van der Waals surface area contributed by atoms with Gasteiger partial charge in [-0.15, -0.1) is 12.4 Å². The van der Waals surface area contributed by atoms with Gasteiger partial charge in [0.25, 0.3) is 0 Å². The molecule has 110 valence electrons. The first-order valence-electron chi connectivity index (χ1n) is 6.96. The van der Waals surface area contributed by atoms with Gasteiger partial charge in [0.05, 0.1) is 0 Å². The molecule has 0 aliphatic heterocycles. The van der Waals surface area contributed by atoms with Crippen LogP contribution in [0.2, 0.25) is 0 Å². The molecule has 0 heterocycles. The summed E-state index contributed by atoms with van der Waals surface area (Å²) < 4.78 is 0. The number of hydrogen-bond donors (Lipinski definition) is 3. The smallest absolute Gasteiger partial charge is 0.0471 e. The van der Waals surface area contributed by atoms with Crippen LogP contribution >= 0.6 is 12.4 Å². The van der Waals surface area contributed by atoms with Gasteiger partial charge in [-0.25, -0.2) is 0 Å². The summed E-state index contributed by atoms with van der Waals surface area (Å²) >= 11 is 0. The second kappa shape index (κ2) is 12.4. The number of rotatable bonds is 10. The van der Waals surface area contributed by atoms with E-state index in [0.717, 1.165) is 32.5 Å². The Morgan fingerprint density at radius 1 is 0.947 bits per heavy atom. The summed E-state index contributed by atoms with van der Waals surface area (Å²) in [5, 5.41) is 12.3. The molecule has 4 N–H and O–H groups in total. The van der Waals surface area contributed by atoms with Crippen LogP contribution in [-0.2, 0) is 13.0 Å². The number of benzene rings is 1. The van der Waals surface area contributed by atoms with Crippen LogP contribution in [0, 0.1) is 0 Å². The van der Waals surface area contributed by atoms with Crippen molar-refractivity contribution in [1.82, 2.24) is 5.32 Å². The maximum absolute atomic E-state index is 8.83. The third-order valence-corrected chi connectivity index (χ3v) is 3.06. The molecule has 0 atom stereocenters. The van der Waals surface area contributed by atoms with Crippen molar-refractivity contribution >= 4 is 12.4 Å². The number of nitrogens with two attached hydrogens (primary N) is 1. The molecule has 0 aliphatic carbocycles. The van der Waals surface area contributed by atoms with Gasteiger partial charge in [-0.2, -0.15) is 0 Å². The molecule has 1 aromatic rings. The monoisotopic (exact) mass is 286 g/mol. The Labute approximate surface area is 123 Å². The van der Waals surface area contributed by atoms with Gasteiger partial charge in [0.15, 0.2) is 0 Å². The fourth-order valence-electron chi connectivity index (χ4n) is 1.93. The Morgan fingerprint density at radius 3 is 2.21 bits per heavy atom. The maximum atomic E-state index is 8.83. The molecule has 1 aromatic carbocycles. The number of halogens is 1. The SMILES string of the molecule is Cl.NCCCCCCNCc1ccc(CCO)cc1. The lowest BCUT2D eigenvalue weighted by Gasteiger charge is -2.06. The third-order valence-electron chi connectivity index (χ3n) is 3.06. The summed E-state index contributed by atoms with van der Waals surface area (Å²) in [5.74, 6) is 0. The molecular weight excluding hydrogens is 260 g/mol. The fraction of sp³-hybridized carbons (Fsp3) is 0.600. The number of hydrogen-bond acceptors (Lipinski definition) is 3. The number of aliphatic hydroxyl groups excluding tert-OH is 1. The van der Waals surface area contributed by atoms with Gasteiger partial charge in [0, 0.05) is 13.2 Å². The molecule has 19 heavy (non-hydrogen) atoms. The summed E-state index contributed by atoms with van der Waals surface area (Å²) in [7, 11) is 0. The van der Waals surface area contributed by atoms with Crippen molar-refractivity contribution in [3.05, 3.63) is 35.4 Å². The lowest BCUT2D eigenvalue weighted by atomic mass is 10.1. The molecule has 3 nitrogen and oxygen atoms in total. The molecule has 4 heteroatoms. The Balaban J connectivity index is 0.00000324. The van der Waals surface area contributed by atoms with Crippen molar-refractivity contribution in [2.75, 3.05) is 19.7 Å². The van der Waals surface area contributed by atoms with Gasteiger partial charge in [-0.3, -0.25) is 0 Å². The van der Waals surface area contributed by atoms with Crippen molar-refractivity contribution in [3.63, 3.8) is 0 Å². The van der Waals surface area contributed by atoms with Crippen molar-refractivity contribution in [3.8, 4) is 0 Å². The highest BCUT2D eigenvalue weighted by Crippen LogP contribution is 2.05. The lowest BCUT2D eigenvalue weighted by Crippen LogP contribution is -2.14. The van der Waals surface area contributed by atoms with E-state index in [4.69, 9.17) is 10.8 Å². The van der Waals surface area contributed by atoms with E-state index >= 15 is 0 Å². The standard InChI is InChI=1S/C15H26N2O.ClH/c16-10-3-1-2-4-11-17-13-15-7-5-14(6-8-15)9-12-18;/h5-8,17-18H,1-4,9-13,16H2;1H. The largest absolute Gasteiger partial charge is 0.396 e. The van der Waals surface area contributed by atoms with E-state index in [1.165, 1.54) is 30.4 Å². The lowest BCUT2D eigenvalue weighted by molar-refractivity contribution is 0.299. The molecule has 0 fully saturated rings. The highest BCUT2D eigenvalue weighted by Gasteiger charge is 1.95. The minimum Gasteiger partial charge on any atom is -0.396 e. The van der Waals surface area contributed by atoms with Crippen LogP contribution in [0.1, 0.15) is 36.8 Å². The maximum Gasteiger partial charge on any atom is 0.0471 e. The molecule has 0 saturated heterocycles. The first-order valence-corrected chi connectivity index (χ1v) is 6.96. The van der Waals surface area contributed by atoms with E-state index in [9.17, 15) is 0 Å². The van der Waals surface area contributed by atoms with Crippen molar-refractivity contribution < 1.29 is 5.11 Å². The molecule has 0 bridgehead atoms. The average molecular weight is 287 g/mol. The van der Waals surface area contributed by atoms with Crippen molar-refractivity contribution in [2.45, 2.75) is 38.6 Å². The zero-order valence-corrected chi connectivity index (χ0v) is 12.4. The molecule has 0 radical (unpaired) electrons. The van der Waals surface area contributed by atoms with Crippen molar-refractivity contribution in [2.24, 2.45) is 5.73 Å². The Bertz CT molecular complexity index is 304. The van der Waals surface area contributed by atoms with E-state index in [1.54, 1.807) is 0 Å². The van der Waals surface area contributed by atoms with Gasteiger partial charge in [-0.1, -0.05) is 37.1 Å². The van der Waals surface area contributed by atoms with E-state index in [2.05, 4.69) is 29.6 Å². The first-order chi connectivity index (χ1) is 8.86. The molecule has 0 aliphatic rings. The molecule has 0 aromatic heterocycles. The van der Waals surface area contributed by atoms with Crippen LogP contribution in [0.4, 0.5) is 0 Å². The summed E-state index contributed by atoms with van der Waals surface area (Å²) in [6.45, 7) is 3.03. The quantitative estimate of drug-likeness (QED) is 0.578. The minimum atomic E-state index is 0. The minimum absolute atomic E-state index is 0. The number of aliphatic hydroxyl groups is 1. The van der Waals surface area contributed by atoms with Crippen LogP contribution in [-0.4, -0.2) is 24.8 Å². The zero-order valence-electron chi connectivity index (χ0n) is 11.6. The van der Waals surface area contributed by atoms with E-state index in [-0.39, 0.29) is 19.0 Å². The Morgan fingerprint density at radius 2 is 1.58 bits per heavy atom. The number of unbranched alkanes of at least 4 members (excludes halogenated alkanes) is 3.